The molecule has 4 N–H and O–H groups in total. The summed E-state index contributed by atoms with van der Waals surface area (Å²) >= 11 is 1.34. The number of benzene rings is 2. The monoisotopic (exact) mass is 621 g/mol. The van der Waals surface area contributed by atoms with Gasteiger partial charge in [0.1, 0.15) is 5.03 Å². The second kappa shape index (κ2) is 16.9. The molecule has 11 heteroatoms. The zero-order valence-electron chi connectivity index (χ0n) is 24.7. The Labute approximate surface area is 261 Å². The Bertz CT molecular complexity index is 1380. The number of carboxylic acid groups (broad SMARTS) is 1. The van der Waals surface area contributed by atoms with Crippen LogP contribution in [0.15, 0.2) is 71.9 Å². The molecule has 0 radical (unpaired) electrons. The van der Waals surface area contributed by atoms with Crippen LogP contribution in [0.1, 0.15) is 84.0 Å². The number of carbonyl (C=O) groups is 3. The Kier molecular flexibility index (Phi) is 12.7. The van der Waals surface area contributed by atoms with E-state index >= 15 is 0 Å². The molecule has 1 saturated heterocycles. The molecule has 44 heavy (non-hydrogen) atoms. The number of thioether (sulfide) groups is 1. The molecule has 0 saturated carbocycles. The van der Waals surface area contributed by atoms with E-state index in [9.17, 15) is 24.6 Å². The standard InChI is InChI=1S/C33H39N3O7S/c1-22(38)34-16-4-2-3-7-30(39)36-19-23-8-14-26(15-9-23)33-42-27(21-44-31-28(32(40)41)6-5-17-35-31)18-29(43-33)25-12-10-24(20-37)11-13-25/h5-6,8-15,17,27,29,33,37H,2-4,7,16,18-21H2,1H3,(H,34,38)(H,36,39)(H,40,41)/t27-,29+,33+/m1/s1. The van der Waals surface area contributed by atoms with Crippen molar-refractivity contribution in [3.63, 3.8) is 0 Å². The van der Waals surface area contributed by atoms with Gasteiger partial charge in [-0.1, -0.05) is 55.0 Å². The van der Waals surface area contributed by atoms with Crippen molar-refractivity contribution < 1.29 is 34.1 Å². The number of pyridine rings is 1. The van der Waals surface area contributed by atoms with Gasteiger partial charge in [0.2, 0.25) is 11.8 Å². The number of carbonyl (C=O) groups excluding carboxylic acids is 2. The third-order valence-electron chi connectivity index (χ3n) is 7.22. The Morgan fingerprint density at radius 2 is 1.66 bits per heavy atom. The molecule has 10 nitrogen and oxygen atoms in total. The maximum atomic E-state index is 12.3. The Morgan fingerprint density at radius 1 is 0.932 bits per heavy atom. The molecule has 0 bridgehead atoms. The number of aromatic carboxylic acids is 1. The van der Waals surface area contributed by atoms with Crippen LogP contribution in [0, 0.1) is 0 Å². The number of amides is 2. The molecule has 1 fully saturated rings. The summed E-state index contributed by atoms with van der Waals surface area (Å²) in [6, 6.07) is 18.5. The summed E-state index contributed by atoms with van der Waals surface area (Å²) < 4.78 is 12.8. The Morgan fingerprint density at radius 3 is 2.36 bits per heavy atom. The van der Waals surface area contributed by atoms with E-state index in [0.717, 1.165) is 41.5 Å². The normalized spacial score (nSPS) is 18.0. The van der Waals surface area contributed by atoms with Crippen molar-refractivity contribution in [3.8, 4) is 0 Å². The molecule has 1 aromatic heterocycles. The topological polar surface area (TPSA) is 147 Å². The average molecular weight is 622 g/mol. The van der Waals surface area contributed by atoms with Gasteiger partial charge in [0.15, 0.2) is 6.29 Å². The SMILES string of the molecule is CC(=O)NCCCCCC(=O)NCc1ccc([C@H]2O[C@@H](CSc3ncccc3C(=O)O)C[C@@H](c3ccc(CO)cc3)O2)cc1. The number of nitrogens with zero attached hydrogens (tertiary/aromatic N) is 1. The fourth-order valence-electron chi connectivity index (χ4n) is 4.80. The maximum Gasteiger partial charge on any atom is 0.338 e. The van der Waals surface area contributed by atoms with E-state index in [1.54, 1.807) is 12.3 Å². The second-order valence-corrected chi connectivity index (χ2v) is 11.6. The van der Waals surface area contributed by atoms with E-state index in [1.165, 1.54) is 24.8 Å². The fourth-order valence-corrected chi connectivity index (χ4v) is 5.80. The molecule has 1 aliphatic rings. The highest BCUT2D eigenvalue weighted by Crippen LogP contribution is 2.39. The van der Waals surface area contributed by atoms with Crippen molar-refractivity contribution in [3.05, 3.63) is 94.7 Å². The fraction of sp³-hybridized carbons (Fsp3) is 0.394. The molecule has 3 atom stereocenters. The van der Waals surface area contributed by atoms with E-state index in [-0.39, 0.29) is 36.2 Å². The number of hydrogen-bond acceptors (Lipinski definition) is 8. The molecule has 4 rings (SSSR count). The highest BCUT2D eigenvalue weighted by Gasteiger charge is 2.32. The van der Waals surface area contributed by atoms with Crippen LogP contribution >= 0.6 is 11.8 Å². The van der Waals surface area contributed by atoms with Gasteiger partial charge in [-0.3, -0.25) is 9.59 Å². The molecular weight excluding hydrogens is 582 g/mol. The van der Waals surface area contributed by atoms with Crippen LogP contribution in [0.25, 0.3) is 0 Å². The number of hydrogen-bond donors (Lipinski definition) is 4. The summed E-state index contributed by atoms with van der Waals surface area (Å²) in [5.74, 6) is -0.593. The van der Waals surface area contributed by atoms with Gasteiger partial charge in [0.05, 0.1) is 24.4 Å². The van der Waals surface area contributed by atoms with Crippen molar-refractivity contribution in [2.24, 2.45) is 0 Å². The van der Waals surface area contributed by atoms with Gasteiger partial charge in [-0.25, -0.2) is 9.78 Å². The number of rotatable bonds is 15. The summed E-state index contributed by atoms with van der Waals surface area (Å²) in [5.41, 5.74) is 3.70. The van der Waals surface area contributed by atoms with Crippen molar-refractivity contribution in [1.82, 2.24) is 15.6 Å². The number of ether oxygens (including phenoxy) is 2. The summed E-state index contributed by atoms with van der Waals surface area (Å²) in [7, 11) is 0. The lowest BCUT2D eigenvalue weighted by Gasteiger charge is -2.36. The van der Waals surface area contributed by atoms with Gasteiger partial charge in [0, 0.05) is 50.4 Å². The summed E-state index contributed by atoms with van der Waals surface area (Å²) in [5, 5.41) is 25.1. The molecule has 1 aliphatic heterocycles. The van der Waals surface area contributed by atoms with Gasteiger partial charge in [0.25, 0.3) is 0 Å². The zero-order chi connectivity index (χ0) is 31.3. The van der Waals surface area contributed by atoms with E-state index < -0.39 is 12.3 Å². The first kappa shape index (κ1) is 33.1. The largest absolute Gasteiger partial charge is 0.478 e. The minimum atomic E-state index is -1.02. The molecule has 0 aliphatic carbocycles. The van der Waals surface area contributed by atoms with Crippen LogP contribution in [0.2, 0.25) is 0 Å². The summed E-state index contributed by atoms with van der Waals surface area (Å²) in [4.78, 5) is 39.1. The van der Waals surface area contributed by atoms with E-state index in [2.05, 4.69) is 15.6 Å². The molecule has 2 aromatic carbocycles. The molecule has 3 aromatic rings. The average Bonchev–Trinajstić information content (AvgIpc) is 3.04. The van der Waals surface area contributed by atoms with Crippen LogP contribution in [-0.2, 0) is 32.2 Å². The van der Waals surface area contributed by atoms with Gasteiger partial charge < -0.3 is 30.3 Å². The summed E-state index contributed by atoms with van der Waals surface area (Å²) in [6.07, 6.45) is 3.90. The van der Waals surface area contributed by atoms with E-state index in [4.69, 9.17) is 9.47 Å². The Balaban J connectivity index is 1.36. The van der Waals surface area contributed by atoms with Crippen LogP contribution < -0.4 is 10.6 Å². The molecular formula is C33H39N3O7S. The van der Waals surface area contributed by atoms with Crippen molar-refractivity contribution >= 4 is 29.5 Å². The summed E-state index contributed by atoms with van der Waals surface area (Å²) in [6.45, 7) is 2.49. The third kappa shape index (κ3) is 10.2. The molecule has 2 amide bonds. The number of aliphatic hydroxyl groups excluding tert-OH is 1. The predicted octanol–water partition coefficient (Wildman–Crippen LogP) is 4.92. The number of nitrogens with one attached hydrogen (secondary N) is 2. The maximum absolute atomic E-state index is 12.3. The third-order valence-corrected chi connectivity index (χ3v) is 8.36. The van der Waals surface area contributed by atoms with Crippen LogP contribution in [-0.4, -0.2) is 51.4 Å². The molecule has 0 unspecified atom stereocenters. The number of unbranched alkanes of at least 4 members (excludes halogenated alkanes) is 2. The van der Waals surface area contributed by atoms with Gasteiger partial charge >= 0.3 is 5.97 Å². The highest BCUT2D eigenvalue weighted by molar-refractivity contribution is 7.99. The molecule has 0 spiro atoms. The van der Waals surface area contributed by atoms with Gasteiger partial charge in [-0.05, 0) is 41.7 Å². The quantitative estimate of drug-likeness (QED) is 0.137. The van der Waals surface area contributed by atoms with Crippen molar-refractivity contribution in [1.29, 1.82) is 0 Å². The van der Waals surface area contributed by atoms with Gasteiger partial charge in [-0.15, -0.1) is 11.8 Å². The lowest BCUT2D eigenvalue weighted by atomic mass is 10.0. The van der Waals surface area contributed by atoms with Crippen molar-refractivity contribution in [2.75, 3.05) is 12.3 Å². The number of aromatic nitrogens is 1. The highest BCUT2D eigenvalue weighted by atomic mass is 32.2. The van der Waals surface area contributed by atoms with Crippen LogP contribution in [0.3, 0.4) is 0 Å². The second-order valence-electron chi connectivity index (χ2n) is 10.6. The zero-order valence-corrected chi connectivity index (χ0v) is 25.6. The minimum Gasteiger partial charge on any atom is -0.478 e. The first-order valence-corrected chi connectivity index (χ1v) is 15.7. The molecule has 234 valence electrons. The smallest absolute Gasteiger partial charge is 0.338 e. The van der Waals surface area contributed by atoms with Crippen LogP contribution in [0.4, 0.5) is 0 Å². The Hall–Kier alpha value is -3.77. The molecule has 2 heterocycles. The number of aliphatic hydroxyl groups is 1. The minimum absolute atomic E-state index is 0.0121. The number of carboxylic acids is 1. The lowest BCUT2D eigenvalue weighted by molar-refractivity contribution is -0.245. The first-order chi connectivity index (χ1) is 21.3. The lowest BCUT2D eigenvalue weighted by Crippen LogP contribution is -2.31. The van der Waals surface area contributed by atoms with Gasteiger partial charge in [-0.2, -0.15) is 0 Å². The van der Waals surface area contributed by atoms with Crippen molar-refractivity contribution in [2.45, 2.75) is 75.7 Å². The first-order valence-electron chi connectivity index (χ1n) is 14.7. The van der Waals surface area contributed by atoms with E-state index in [1.807, 2.05) is 48.5 Å². The van der Waals surface area contributed by atoms with E-state index in [0.29, 0.717) is 36.7 Å². The predicted molar refractivity (Wildman–Crippen MR) is 166 cm³/mol. The van der Waals surface area contributed by atoms with Crippen LogP contribution in [0.5, 0.6) is 0 Å².